The normalized spacial score (nSPS) is 10.7. The molecule has 7 heteroatoms. The van der Waals surface area contributed by atoms with Crippen LogP contribution in [0.3, 0.4) is 0 Å². The van der Waals surface area contributed by atoms with Crippen LogP contribution in [-0.4, -0.2) is 20.1 Å². The Bertz CT molecular complexity index is 726. The van der Waals surface area contributed by atoms with Crippen LogP contribution in [-0.2, 0) is 6.54 Å². The van der Waals surface area contributed by atoms with Gasteiger partial charge < -0.3 is 10.3 Å². The third-order valence-corrected chi connectivity index (χ3v) is 3.32. The summed E-state index contributed by atoms with van der Waals surface area (Å²) < 4.78 is 6.02. The summed E-state index contributed by atoms with van der Waals surface area (Å²) in [7, 11) is 0. The van der Waals surface area contributed by atoms with E-state index >= 15 is 0 Å². The van der Waals surface area contributed by atoms with Gasteiger partial charge in [0, 0.05) is 23.4 Å². The van der Waals surface area contributed by atoms with Gasteiger partial charge in [0.2, 0.25) is 5.82 Å². The average molecular weight is 332 g/mol. The molecule has 3 aromatic rings. The molecule has 6 nitrogen and oxygen atoms in total. The molecular formula is C13H10BrN5O. The van der Waals surface area contributed by atoms with Crippen molar-refractivity contribution in [3.05, 3.63) is 46.7 Å². The molecule has 20 heavy (non-hydrogen) atoms. The number of hydrogen-bond donors (Lipinski definition) is 1. The van der Waals surface area contributed by atoms with Crippen LogP contribution >= 0.6 is 15.9 Å². The van der Waals surface area contributed by atoms with Gasteiger partial charge >= 0.3 is 0 Å². The summed E-state index contributed by atoms with van der Waals surface area (Å²) in [6.45, 7) is 0.448. The van der Waals surface area contributed by atoms with Crippen molar-refractivity contribution in [1.29, 1.82) is 0 Å². The molecule has 0 fully saturated rings. The quantitative estimate of drug-likeness (QED) is 0.792. The zero-order valence-electron chi connectivity index (χ0n) is 10.3. The summed E-state index contributed by atoms with van der Waals surface area (Å²) in [6.07, 6.45) is 3.36. The summed E-state index contributed by atoms with van der Waals surface area (Å²) in [4.78, 5) is 12.8. The van der Waals surface area contributed by atoms with Gasteiger partial charge in [0.25, 0.3) is 5.89 Å². The number of rotatable bonds is 3. The van der Waals surface area contributed by atoms with Gasteiger partial charge in [-0.05, 0) is 39.7 Å². The first-order valence-corrected chi connectivity index (χ1v) is 6.67. The lowest BCUT2D eigenvalue weighted by atomic mass is 10.2. The molecule has 0 radical (unpaired) electrons. The highest BCUT2D eigenvalue weighted by atomic mass is 79.9. The molecule has 0 aliphatic rings. The highest BCUT2D eigenvalue weighted by Crippen LogP contribution is 2.25. The van der Waals surface area contributed by atoms with Crippen molar-refractivity contribution in [3.63, 3.8) is 0 Å². The van der Waals surface area contributed by atoms with E-state index in [0.717, 1.165) is 10.0 Å². The fourth-order valence-electron chi connectivity index (χ4n) is 1.65. The lowest BCUT2D eigenvalue weighted by Gasteiger charge is -1.96. The molecule has 3 aromatic heterocycles. The minimum atomic E-state index is 0.348. The number of halogens is 1. The third-order valence-electron chi connectivity index (χ3n) is 2.68. The van der Waals surface area contributed by atoms with Crippen molar-refractivity contribution in [3.8, 4) is 23.1 Å². The van der Waals surface area contributed by atoms with E-state index in [9.17, 15) is 0 Å². The van der Waals surface area contributed by atoms with Gasteiger partial charge in [0.15, 0.2) is 0 Å². The maximum Gasteiger partial charge on any atom is 0.276 e. The van der Waals surface area contributed by atoms with Crippen molar-refractivity contribution < 1.29 is 4.52 Å². The second-order valence-corrected chi connectivity index (χ2v) is 4.87. The van der Waals surface area contributed by atoms with E-state index in [1.165, 1.54) is 0 Å². The van der Waals surface area contributed by atoms with Crippen molar-refractivity contribution in [2.45, 2.75) is 6.54 Å². The molecule has 0 bridgehead atoms. The maximum atomic E-state index is 5.53. The van der Waals surface area contributed by atoms with Gasteiger partial charge in [-0.2, -0.15) is 4.98 Å². The molecule has 0 atom stereocenters. The summed E-state index contributed by atoms with van der Waals surface area (Å²) in [5.74, 6) is 0.762. The van der Waals surface area contributed by atoms with Gasteiger partial charge in [0.1, 0.15) is 11.4 Å². The molecule has 3 rings (SSSR count). The Kier molecular flexibility index (Phi) is 3.53. The predicted octanol–water partition coefficient (Wildman–Crippen LogP) is 2.41. The lowest BCUT2D eigenvalue weighted by molar-refractivity contribution is 0.430. The first-order chi connectivity index (χ1) is 9.78. The van der Waals surface area contributed by atoms with E-state index in [0.29, 0.717) is 29.6 Å². The van der Waals surface area contributed by atoms with E-state index in [1.54, 1.807) is 18.5 Å². The average Bonchev–Trinajstić information content (AvgIpc) is 2.97. The number of aromatic nitrogens is 4. The number of nitrogens with two attached hydrogens (primary N) is 1. The first-order valence-electron chi connectivity index (χ1n) is 5.88. The van der Waals surface area contributed by atoms with Crippen LogP contribution in [0.1, 0.15) is 5.56 Å². The summed E-state index contributed by atoms with van der Waals surface area (Å²) in [5.41, 5.74) is 7.71. The van der Waals surface area contributed by atoms with Crippen LogP contribution in [0, 0.1) is 0 Å². The minimum absolute atomic E-state index is 0.348. The van der Waals surface area contributed by atoms with E-state index in [2.05, 4.69) is 36.0 Å². The molecule has 0 saturated heterocycles. The zero-order chi connectivity index (χ0) is 13.9. The molecule has 0 aromatic carbocycles. The fourth-order valence-corrected chi connectivity index (χ4v) is 2.08. The van der Waals surface area contributed by atoms with Crippen LogP contribution in [0.5, 0.6) is 0 Å². The predicted molar refractivity (Wildman–Crippen MR) is 76.4 cm³/mol. The number of nitrogens with zero attached hydrogens (tertiary/aromatic N) is 4. The van der Waals surface area contributed by atoms with E-state index in [-0.39, 0.29) is 0 Å². The van der Waals surface area contributed by atoms with E-state index < -0.39 is 0 Å². The standard InChI is InChI=1S/C13H10BrN5O/c14-9-2-1-5-16-11(9)12-18-13(20-19-12)10-4-3-8(6-15)7-17-10/h1-5,7H,6,15H2. The van der Waals surface area contributed by atoms with Crippen LogP contribution in [0.25, 0.3) is 23.1 Å². The Morgan fingerprint density at radius 3 is 2.80 bits per heavy atom. The van der Waals surface area contributed by atoms with Gasteiger partial charge in [-0.3, -0.25) is 9.97 Å². The van der Waals surface area contributed by atoms with E-state index in [1.807, 2.05) is 18.2 Å². The molecule has 0 aliphatic carbocycles. The Labute approximate surface area is 123 Å². The fraction of sp³-hybridized carbons (Fsp3) is 0.0769. The van der Waals surface area contributed by atoms with Gasteiger partial charge in [0.05, 0.1) is 0 Å². The smallest absolute Gasteiger partial charge is 0.276 e. The Hall–Kier alpha value is -2.12. The first kappa shape index (κ1) is 12.9. The molecule has 100 valence electrons. The van der Waals surface area contributed by atoms with Gasteiger partial charge in [-0.15, -0.1) is 0 Å². The van der Waals surface area contributed by atoms with Crippen molar-refractivity contribution in [1.82, 2.24) is 20.1 Å². The SMILES string of the molecule is NCc1ccc(-c2nc(-c3ncccc3Br)no2)nc1. The number of pyridine rings is 2. The molecule has 3 heterocycles. The molecule has 0 saturated carbocycles. The van der Waals surface area contributed by atoms with Crippen molar-refractivity contribution in [2.75, 3.05) is 0 Å². The van der Waals surface area contributed by atoms with Crippen LogP contribution in [0.4, 0.5) is 0 Å². The third kappa shape index (κ3) is 2.45. The van der Waals surface area contributed by atoms with Gasteiger partial charge in [-0.1, -0.05) is 11.2 Å². The summed E-state index contributed by atoms with van der Waals surface area (Å²) >= 11 is 3.40. The Morgan fingerprint density at radius 2 is 2.10 bits per heavy atom. The highest BCUT2D eigenvalue weighted by Gasteiger charge is 2.14. The topological polar surface area (TPSA) is 90.7 Å². The monoisotopic (exact) mass is 331 g/mol. The second-order valence-electron chi connectivity index (χ2n) is 4.01. The Balaban J connectivity index is 1.95. The Morgan fingerprint density at radius 1 is 1.20 bits per heavy atom. The molecule has 0 unspecified atom stereocenters. The molecule has 0 amide bonds. The maximum absolute atomic E-state index is 5.53. The minimum Gasteiger partial charge on any atom is -0.332 e. The van der Waals surface area contributed by atoms with Crippen LogP contribution in [0.15, 0.2) is 45.7 Å². The van der Waals surface area contributed by atoms with E-state index in [4.69, 9.17) is 10.3 Å². The zero-order valence-corrected chi connectivity index (χ0v) is 11.9. The van der Waals surface area contributed by atoms with Gasteiger partial charge in [-0.25, -0.2) is 0 Å². The summed E-state index contributed by atoms with van der Waals surface area (Å²) in [6, 6.07) is 7.37. The molecule has 0 aliphatic heterocycles. The second kappa shape index (κ2) is 5.48. The highest BCUT2D eigenvalue weighted by molar-refractivity contribution is 9.10. The largest absolute Gasteiger partial charge is 0.332 e. The lowest BCUT2D eigenvalue weighted by Crippen LogP contribution is -1.96. The van der Waals surface area contributed by atoms with Crippen molar-refractivity contribution in [2.24, 2.45) is 5.73 Å². The van der Waals surface area contributed by atoms with Crippen LogP contribution < -0.4 is 5.73 Å². The molecular weight excluding hydrogens is 322 g/mol. The molecule has 0 spiro atoms. The summed E-state index contributed by atoms with van der Waals surface area (Å²) in [5, 5.41) is 3.92. The molecule has 2 N–H and O–H groups in total. The van der Waals surface area contributed by atoms with Crippen molar-refractivity contribution >= 4 is 15.9 Å². The van der Waals surface area contributed by atoms with Crippen LogP contribution in [0.2, 0.25) is 0 Å². The number of hydrogen-bond acceptors (Lipinski definition) is 6.